The molecular weight excluding hydrogens is 154 g/mol. The molecule has 12 heavy (non-hydrogen) atoms. The summed E-state index contributed by atoms with van der Waals surface area (Å²) in [6.07, 6.45) is 2.46. The van der Waals surface area contributed by atoms with E-state index in [1.54, 1.807) is 6.92 Å². The van der Waals surface area contributed by atoms with Crippen LogP contribution in [-0.2, 0) is 4.74 Å². The van der Waals surface area contributed by atoms with E-state index in [1.807, 2.05) is 6.08 Å². The minimum atomic E-state index is -0.279. The molecule has 3 heteroatoms. The Morgan fingerprint density at radius 3 is 2.92 bits per heavy atom. The molecule has 0 aromatic carbocycles. The molecule has 1 atom stereocenters. The van der Waals surface area contributed by atoms with Gasteiger partial charge >= 0.3 is 0 Å². The van der Waals surface area contributed by atoms with Crippen molar-refractivity contribution in [1.29, 1.82) is 0 Å². The van der Waals surface area contributed by atoms with Crippen LogP contribution in [0.2, 0.25) is 0 Å². The first-order valence-corrected chi connectivity index (χ1v) is 4.34. The Labute approximate surface area is 74.4 Å². The highest BCUT2D eigenvalue weighted by molar-refractivity contribution is 4.64. The van der Waals surface area contributed by atoms with Crippen LogP contribution in [0.5, 0.6) is 0 Å². The Bertz CT molecular complexity index is 105. The quantitative estimate of drug-likeness (QED) is 0.416. The monoisotopic (exact) mass is 173 g/mol. The molecule has 0 aliphatic heterocycles. The van der Waals surface area contributed by atoms with E-state index >= 15 is 0 Å². The Balaban J connectivity index is 2.86. The average molecular weight is 173 g/mol. The average Bonchev–Trinajstić information content (AvgIpc) is 2.02. The lowest BCUT2D eigenvalue weighted by molar-refractivity contribution is 0.134. The van der Waals surface area contributed by atoms with Crippen molar-refractivity contribution < 1.29 is 9.84 Å². The van der Waals surface area contributed by atoms with Crippen molar-refractivity contribution >= 4 is 0 Å². The maximum Gasteiger partial charge on any atom is 0.0636 e. The number of aliphatic hydroxyl groups is 1. The number of aliphatic hydroxyl groups excluding tert-OH is 1. The molecule has 0 aliphatic carbocycles. The third-order valence-electron chi connectivity index (χ3n) is 1.33. The summed E-state index contributed by atoms with van der Waals surface area (Å²) in [5.74, 6) is 0. The van der Waals surface area contributed by atoms with Crippen LogP contribution >= 0.6 is 0 Å². The van der Waals surface area contributed by atoms with Gasteiger partial charge in [-0.1, -0.05) is 6.08 Å². The van der Waals surface area contributed by atoms with Gasteiger partial charge in [-0.3, -0.25) is 0 Å². The lowest BCUT2D eigenvalue weighted by Crippen LogP contribution is -2.27. The summed E-state index contributed by atoms with van der Waals surface area (Å²) < 4.78 is 5.24. The van der Waals surface area contributed by atoms with Crippen molar-refractivity contribution in [3.8, 4) is 0 Å². The number of nitrogens with one attached hydrogen (secondary N) is 1. The molecule has 0 rings (SSSR count). The molecule has 0 aromatic heterocycles. The van der Waals surface area contributed by atoms with E-state index in [9.17, 15) is 0 Å². The first kappa shape index (κ1) is 11.6. The van der Waals surface area contributed by atoms with Crippen molar-refractivity contribution in [2.75, 3.05) is 26.3 Å². The summed E-state index contributed by atoms with van der Waals surface area (Å²) in [7, 11) is 0. The lowest BCUT2D eigenvalue weighted by atomic mass is 10.4. The normalized spacial score (nSPS) is 12.8. The molecule has 0 fully saturated rings. The van der Waals surface area contributed by atoms with Crippen LogP contribution in [0.1, 0.15) is 13.3 Å². The molecule has 1 unspecified atom stereocenters. The molecule has 0 spiro atoms. The molecule has 0 aromatic rings. The minimum Gasteiger partial charge on any atom is -0.392 e. The van der Waals surface area contributed by atoms with Crippen molar-refractivity contribution in [1.82, 2.24) is 5.32 Å². The van der Waals surface area contributed by atoms with Crippen LogP contribution < -0.4 is 5.32 Å². The number of rotatable bonds is 8. The third-order valence-corrected chi connectivity index (χ3v) is 1.33. The Morgan fingerprint density at radius 1 is 1.58 bits per heavy atom. The molecule has 3 nitrogen and oxygen atoms in total. The highest BCUT2D eigenvalue weighted by Gasteiger charge is 1.92. The van der Waals surface area contributed by atoms with E-state index in [4.69, 9.17) is 9.84 Å². The maximum absolute atomic E-state index is 8.88. The second kappa shape index (κ2) is 8.71. The summed E-state index contributed by atoms with van der Waals surface area (Å²) in [5.41, 5.74) is 0. The van der Waals surface area contributed by atoms with Crippen molar-refractivity contribution in [2.45, 2.75) is 19.4 Å². The molecule has 0 aliphatic rings. The fourth-order valence-electron chi connectivity index (χ4n) is 0.724. The first-order valence-electron chi connectivity index (χ1n) is 4.34. The Morgan fingerprint density at radius 2 is 2.33 bits per heavy atom. The topological polar surface area (TPSA) is 41.5 Å². The van der Waals surface area contributed by atoms with Gasteiger partial charge in [-0.05, 0) is 13.3 Å². The van der Waals surface area contributed by atoms with Crippen LogP contribution in [0.3, 0.4) is 0 Å². The molecule has 0 saturated heterocycles. The van der Waals surface area contributed by atoms with Gasteiger partial charge in [-0.2, -0.15) is 0 Å². The van der Waals surface area contributed by atoms with Gasteiger partial charge in [0, 0.05) is 13.1 Å². The fourth-order valence-corrected chi connectivity index (χ4v) is 0.724. The van der Waals surface area contributed by atoms with Crippen molar-refractivity contribution in [2.24, 2.45) is 0 Å². The summed E-state index contributed by atoms with van der Waals surface area (Å²) in [6, 6.07) is 0. The minimum absolute atomic E-state index is 0.279. The first-order chi connectivity index (χ1) is 5.77. The molecule has 0 saturated carbocycles. The zero-order valence-corrected chi connectivity index (χ0v) is 7.75. The predicted molar refractivity (Wildman–Crippen MR) is 50.2 cm³/mol. The highest BCUT2D eigenvalue weighted by atomic mass is 16.5. The number of hydrogen-bond donors (Lipinski definition) is 2. The number of hydrogen-bond acceptors (Lipinski definition) is 3. The highest BCUT2D eigenvalue weighted by Crippen LogP contribution is 1.81. The van der Waals surface area contributed by atoms with Crippen LogP contribution in [0.15, 0.2) is 12.7 Å². The standard InChI is InChI=1S/C9H19NO2/c1-3-4-6-12-7-5-10-8-9(2)11/h3,9-11H,1,4-8H2,2H3. The second-order valence-electron chi connectivity index (χ2n) is 2.74. The van der Waals surface area contributed by atoms with Gasteiger partial charge in [-0.25, -0.2) is 0 Å². The van der Waals surface area contributed by atoms with Crippen LogP contribution in [0, 0.1) is 0 Å². The summed E-state index contributed by atoms with van der Waals surface area (Å²) in [4.78, 5) is 0. The van der Waals surface area contributed by atoms with Crippen LogP contribution in [0.4, 0.5) is 0 Å². The summed E-state index contributed by atoms with van der Waals surface area (Å²) >= 11 is 0. The lowest BCUT2D eigenvalue weighted by Gasteiger charge is -2.06. The Kier molecular flexibility index (Phi) is 8.44. The van der Waals surface area contributed by atoms with Gasteiger partial charge in [0.15, 0.2) is 0 Å². The van der Waals surface area contributed by atoms with E-state index in [1.165, 1.54) is 0 Å². The van der Waals surface area contributed by atoms with Crippen LogP contribution in [-0.4, -0.2) is 37.5 Å². The van der Waals surface area contributed by atoms with E-state index in [-0.39, 0.29) is 6.10 Å². The zero-order valence-electron chi connectivity index (χ0n) is 7.75. The SMILES string of the molecule is C=CCCOCCNCC(C)O. The second-order valence-corrected chi connectivity index (χ2v) is 2.74. The third kappa shape index (κ3) is 9.62. The van der Waals surface area contributed by atoms with Gasteiger partial charge in [0.05, 0.1) is 19.3 Å². The smallest absolute Gasteiger partial charge is 0.0636 e. The molecule has 0 radical (unpaired) electrons. The molecule has 2 N–H and O–H groups in total. The van der Waals surface area contributed by atoms with Crippen molar-refractivity contribution in [3.63, 3.8) is 0 Å². The molecule has 0 bridgehead atoms. The Hall–Kier alpha value is -0.380. The fraction of sp³-hybridized carbons (Fsp3) is 0.778. The van der Waals surface area contributed by atoms with E-state index in [0.29, 0.717) is 13.2 Å². The summed E-state index contributed by atoms with van der Waals surface area (Å²) in [6.45, 7) is 8.20. The largest absolute Gasteiger partial charge is 0.392 e. The predicted octanol–water partition coefficient (Wildman–Crippen LogP) is 0.549. The zero-order chi connectivity index (χ0) is 9.23. The van der Waals surface area contributed by atoms with E-state index < -0.39 is 0 Å². The van der Waals surface area contributed by atoms with Crippen molar-refractivity contribution in [3.05, 3.63) is 12.7 Å². The van der Waals surface area contributed by atoms with Crippen LogP contribution in [0.25, 0.3) is 0 Å². The van der Waals surface area contributed by atoms with Gasteiger partial charge in [0.1, 0.15) is 0 Å². The molecular formula is C9H19NO2. The maximum atomic E-state index is 8.88. The van der Waals surface area contributed by atoms with Gasteiger partial charge in [-0.15, -0.1) is 6.58 Å². The van der Waals surface area contributed by atoms with Gasteiger partial charge in [0.2, 0.25) is 0 Å². The molecule has 0 heterocycles. The van der Waals surface area contributed by atoms with Gasteiger partial charge < -0.3 is 15.2 Å². The van der Waals surface area contributed by atoms with E-state index in [2.05, 4.69) is 11.9 Å². The molecule has 0 amide bonds. The number of ether oxygens (including phenoxy) is 1. The molecule has 72 valence electrons. The van der Waals surface area contributed by atoms with E-state index in [0.717, 1.165) is 19.6 Å². The summed E-state index contributed by atoms with van der Waals surface area (Å²) in [5, 5.41) is 11.9. The van der Waals surface area contributed by atoms with Gasteiger partial charge in [0.25, 0.3) is 0 Å².